The van der Waals surface area contributed by atoms with Gasteiger partial charge in [-0.1, -0.05) is 0 Å². The third-order valence-electron chi connectivity index (χ3n) is 0.842. The summed E-state index contributed by atoms with van der Waals surface area (Å²) in [5.41, 5.74) is 0. The highest BCUT2D eigenvalue weighted by Gasteiger charge is 2.15. The van der Waals surface area contributed by atoms with Gasteiger partial charge in [-0.05, 0) is 13.8 Å². The van der Waals surface area contributed by atoms with Gasteiger partial charge in [-0.25, -0.2) is 0 Å². The van der Waals surface area contributed by atoms with Crippen LogP contribution in [0, 0.1) is 4.91 Å². The van der Waals surface area contributed by atoms with Crippen LogP contribution >= 0.6 is 0 Å². The molecule has 0 spiro atoms. The molecule has 0 rings (SSSR count). The number of aliphatic hydroxyl groups excluding tert-OH is 2. The zero-order chi connectivity index (χ0) is 9.56. The summed E-state index contributed by atoms with van der Waals surface area (Å²) in [5.74, 6) is 0. The van der Waals surface area contributed by atoms with Crippen molar-refractivity contribution < 1.29 is 25.0 Å². The molecular weight excluding hydrogens is 166 g/mol. The second-order valence-electron chi connectivity index (χ2n) is 2.51. The minimum Gasteiger partial charge on any atom is -0.390 e. The Kier molecular flexibility index (Phi) is 5.31. The maximum absolute atomic E-state index is 10.5. The lowest BCUT2D eigenvalue weighted by Gasteiger charge is -1.98. The van der Waals surface area contributed by atoms with Crippen LogP contribution in [0.3, 0.4) is 0 Å². The molecular formula is C6H14NO5+. The Bertz CT molecular complexity index is 122. The van der Waals surface area contributed by atoms with E-state index >= 15 is 0 Å². The number of rotatable bonds is 6. The molecule has 0 heterocycles. The van der Waals surface area contributed by atoms with E-state index in [-0.39, 0.29) is 18.3 Å². The first-order valence-electron chi connectivity index (χ1n) is 3.61. The van der Waals surface area contributed by atoms with Gasteiger partial charge in [0.25, 0.3) is 0 Å². The Morgan fingerprint density at radius 2 is 1.50 bits per heavy atom. The van der Waals surface area contributed by atoms with E-state index in [1.165, 1.54) is 13.8 Å². The molecule has 2 unspecified atom stereocenters. The molecule has 0 aromatic heterocycles. The minimum atomic E-state index is -0.725. The van der Waals surface area contributed by atoms with Crippen molar-refractivity contribution in [1.82, 2.24) is 0 Å². The van der Waals surface area contributed by atoms with Gasteiger partial charge in [0, 0.05) is 0 Å². The van der Waals surface area contributed by atoms with E-state index in [4.69, 9.17) is 10.2 Å². The van der Waals surface area contributed by atoms with Gasteiger partial charge >= 0.3 is 5.09 Å². The number of hydrogen-bond acceptors (Lipinski definition) is 5. The van der Waals surface area contributed by atoms with Gasteiger partial charge in [0.2, 0.25) is 0 Å². The zero-order valence-corrected chi connectivity index (χ0v) is 7.14. The second-order valence-corrected chi connectivity index (χ2v) is 2.51. The van der Waals surface area contributed by atoms with Crippen LogP contribution in [0.4, 0.5) is 0 Å². The summed E-state index contributed by atoms with van der Waals surface area (Å²) in [6.07, 6.45) is -1.45. The molecule has 6 heteroatoms. The normalized spacial score (nSPS) is 15.0. The predicted molar refractivity (Wildman–Crippen MR) is 38.9 cm³/mol. The fourth-order valence-electron chi connectivity index (χ4n) is 0.375. The number of aliphatic hydroxyl groups is 2. The fourth-order valence-corrected chi connectivity index (χ4v) is 0.375. The van der Waals surface area contributed by atoms with Crippen LogP contribution in [0.1, 0.15) is 13.8 Å². The van der Waals surface area contributed by atoms with E-state index in [2.05, 4.69) is 9.68 Å². The van der Waals surface area contributed by atoms with Crippen molar-refractivity contribution >= 4 is 0 Å². The molecule has 6 nitrogen and oxygen atoms in total. The molecule has 0 saturated heterocycles. The van der Waals surface area contributed by atoms with E-state index < -0.39 is 12.2 Å². The molecule has 0 fully saturated rings. The molecule has 0 aromatic rings. The van der Waals surface area contributed by atoms with Gasteiger partial charge in [0.05, 0.1) is 12.2 Å². The SMILES string of the molecule is CC(O)CO[N+](=O)OCC(C)O. The van der Waals surface area contributed by atoms with Gasteiger partial charge in [0.1, 0.15) is 4.91 Å². The maximum Gasteiger partial charge on any atom is 0.477 e. The average molecular weight is 180 g/mol. The molecule has 0 bridgehead atoms. The first-order valence-corrected chi connectivity index (χ1v) is 3.61. The fraction of sp³-hybridized carbons (Fsp3) is 1.00. The molecule has 2 atom stereocenters. The number of nitrogens with zero attached hydrogens (tertiary/aromatic N) is 1. The first-order chi connectivity index (χ1) is 5.52. The third kappa shape index (κ3) is 7.23. The molecule has 0 amide bonds. The van der Waals surface area contributed by atoms with Gasteiger partial charge in [0.15, 0.2) is 13.2 Å². The Morgan fingerprint density at radius 3 is 1.75 bits per heavy atom. The Hall–Kier alpha value is -0.880. The maximum atomic E-state index is 10.5. The van der Waals surface area contributed by atoms with Crippen molar-refractivity contribution in [3.8, 4) is 0 Å². The largest absolute Gasteiger partial charge is 0.477 e. The van der Waals surface area contributed by atoms with E-state index in [0.717, 1.165) is 0 Å². The van der Waals surface area contributed by atoms with Crippen LogP contribution in [0.25, 0.3) is 0 Å². The van der Waals surface area contributed by atoms with Crippen LogP contribution in [-0.2, 0) is 9.68 Å². The summed E-state index contributed by atoms with van der Waals surface area (Å²) in [4.78, 5) is 19.2. The summed E-state index contributed by atoms with van der Waals surface area (Å²) < 4.78 is 0. The van der Waals surface area contributed by atoms with Crippen molar-refractivity contribution in [2.24, 2.45) is 0 Å². The highest BCUT2D eigenvalue weighted by Crippen LogP contribution is 1.88. The van der Waals surface area contributed by atoms with Gasteiger partial charge in [-0.2, -0.15) is 9.68 Å². The van der Waals surface area contributed by atoms with Gasteiger partial charge < -0.3 is 10.2 Å². The van der Waals surface area contributed by atoms with E-state index in [1.807, 2.05) is 0 Å². The van der Waals surface area contributed by atoms with Crippen molar-refractivity contribution in [3.63, 3.8) is 0 Å². The first kappa shape index (κ1) is 11.1. The summed E-state index contributed by atoms with van der Waals surface area (Å²) >= 11 is 0. The van der Waals surface area contributed by atoms with Crippen LogP contribution < -0.4 is 0 Å². The molecule has 0 saturated carbocycles. The minimum absolute atomic E-state index is 0.126. The quantitative estimate of drug-likeness (QED) is 0.533. The van der Waals surface area contributed by atoms with Gasteiger partial charge in [-0.15, -0.1) is 0 Å². The van der Waals surface area contributed by atoms with Crippen molar-refractivity contribution in [2.75, 3.05) is 13.2 Å². The third-order valence-corrected chi connectivity index (χ3v) is 0.842. The monoisotopic (exact) mass is 180 g/mol. The van der Waals surface area contributed by atoms with Crippen molar-refractivity contribution in [2.45, 2.75) is 26.1 Å². The molecule has 2 N–H and O–H groups in total. The summed E-state index contributed by atoms with van der Waals surface area (Å²) in [6, 6.07) is 0. The molecule has 0 aliphatic rings. The van der Waals surface area contributed by atoms with E-state index in [9.17, 15) is 4.91 Å². The van der Waals surface area contributed by atoms with E-state index in [1.54, 1.807) is 0 Å². The predicted octanol–water partition coefficient (Wildman–Crippen LogP) is -0.610. The Labute approximate surface area is 70.2 Å². The summed E-state index contributed by atoms with van der Waals surface area (Å²) in [6.45, 7) is 2.68. The van der Waals surface area contributed by atoms with Crippen LogP contribution in [0.15, 0.2) is 0 Å². The molecule has 0 aromatic carbocycles. The molecule has 0 aliphatic heterocycles. The van der Waals surface area contributed by atoms with Gasteiger partial charge in [-0.3, -0.25) is 0 Å². The lowest BCUT2D eigenvalue weighted by molar-refractivity contribution is -0.982. The lowest BCUT2D eigenvalue weighted by atomic mass is 10.5. The van der Waals surface area contributed by atoms with Crippen LogP contribution in [0.5, 0.6) is 0 Å². The van der Waals surface area contributed by atoms with Crippen LogP contribution in [0.2, 0.25) is 0 Å². The van der Waals surface area contributed by atoms with Crippen molar-refractivity contribution in [3.05, 3.63) is 4.91 Å². The molecule has 0 radical (unpaired) electrons. The summed E-state index contributed by atoms with van der Waals surface area (Å²) in [7, 11) is 0. The second kappa shape index (κ2) is 5.73. The highest BCUT2D eigenvalue weighted by molar-refractivity contribution is 4.37. The zero-order valence-electron chi connectivity index (χ0n) is 7.14. The Balaban J connectivity index is 3.34. The molecule has 12 heavy (non-hydrogen) atoms. The van der Waals surface area contributed by atoms with Crippen LogP contribution in [-0.4, -0.2) is 40.7 Å². The van der Waals surface area contributed by atoms with Crippen molar-refractivity contribution in [1.29, 1.82) is 0 Å². The lowest BCUT2D eigenvalue weighted by Crippen LogP contribution is -2.21. The smallest absolute Gasteiger partial charge is 0.390 e. The molecule has 0 aliphatic carbocycles. The Morgan fingerprint density at radius 1 is 1.17 bits per heavy atom. The standard InChI is InChI=1S/C6H14NO5/c1-5(8)3-11-7(10)12-4-6(2)9/h5-6,8-9H,3-4H2,1-2H3/q+1. The number of hydrogen-bond donors (Lipinski definition) is 2. The molecule has 72 valence electrons. The highest BCUT2D eigenvalue weighted by atomic mass is 17.0. The van der Waals surface area contributed by atoms with E-state index in [0.29, 0.717) is 0 Å². The summed E-state index contributed by atoms with van der Waals surface area (Å²) in [5, 5.41) is 17.2. The average Bonchev–Trinajstić information content (AvgIpc) is 1.96. The topological polar surface area (TPSA) is 79.0 Å².